The summed E-state index contributed by atoms with van der Waals surface area (Å²) in [5.41, 5.74) is 1.65. The minimum atomic E-state index is 0.236. The number of aliphatic hydroxyl groups is 1. The van der Waals surface area contributed by atoms with Crippen LogP contribution in [0.4, 0.5) is 0 Å². The summed E-state index contributed by atoms with van der Waals surface area (Å²) >= 11 is 0. The lowest BCUT2D eigenvalue weighted by atomic mass is 9.49. The zero-order valence-electron chi connectivity index (χ0n) is 12.9. The Bertz CT molecular complexity index is 461. The summed E-state index contributed by atoms with van der Waals surface area (Å²) in [7, 11) is 0. The molecule has 4 fully saturated rings. The first-order chi connectivity index (χ1) is 10.2. The molecule has 0 aromatic carbocycles. The third-order valence-corrected chi connectivity index (χ3v) is 6.21. The van der Waals surface area contributed by atoms with Crippen LogP contribution in [0.3, 0.4) is 0 Å². The fourth-order valence-electron chi connectivity index (χ4n) is 5.77. The second kappa shape index (κ2) is 5.38. The van der Waals surface area contributed by atoms with E-state index in [0.717, 1.165) is 42.8 Å². The van der Waals surface area contributed by atoms with Crippen LogP contribution < -0.4 is 0 Å². The highest BCUT2D eigenvalue weighted by Gasteiger charge is 2.50. The molecule has 1 aromatic rings. The van der Waals surface area contributed by atoms with Crippen molar-refractivity contribution < 1.29 is 5.11 Å². The van der Waals surface area contributed by atoms with Gasteiger partial charge in [0, 0.05) is 19.3 Å². The molecule has 4 aliphatic rings. The molecule has 4 heteroatoms. The van der Waals surface area contributed by atoms with Crippen LogP contribution in [0.25, 0.3) is 0 Å². The monoisotopic (exact) mass is 289 g/mol. The highest BCUT2D eigenvalue weighted by molar-refractivity contribution is 5.01. The molecule has 21 heavy (non-hydrogen) atoms. The molecule has 1 aromatic heterocycles. The summed E-state index contributed by atoms with van der Waals surface area (Å²) in [5, 5.41) is 17.4. The van der Waals surface area contributed by atoms with Gasteiger partial charge in [-0.1, -0.05) is 5.21 Å². The molecular weight excluding hydrogens is 262 g/mol. The number of aromatic nitrogens is 3. The fraction of sp³-hybridized carbons (Fsp3) is 0.882. The summed E-state index contributed by atoms with van der Waals surface area (Å²) in [6.07, 6.45) is 14.0. The second-order valence-electron chi connectivity index (χ2n) is 7.97. The lowest BCUT2D eigenvalue weighted by Gasteiger charge is -2.57. The van der Waals surface area contributed by atoms with Gasteiger partial charge < -0.3 is 5.11 Å². The van der Waals surface area contributed by atoms with Crippen LogP contribution in [0.1, 0.15) is 57.1 Å². The van der Waals surface area contributed by atoms with Gasteiger partial charge in [0.2, 0.25) is 0 Å². The Morgan fingerprint density at radius 3 is 2.43 bits per heavy atom. The summed E-state index contributed by atoms with van der Waals surface area (Å²) < 4.78 is 2.03. The summed E-state index contributed by atoms with van der Waals surface area (Å²) in [4.78, 5) is 0. The molecule has 4 aliphatic carbocycles. The largest absolute Gasteiger partial charge is 0.396 e. The normalized spacial score (nSPS) is 37.3. The van der Waals surface area contributed by atoms with Gasteiger partial charge in [-0.05, 0) is 81.0 Å². The number of hydrogen-bond acceptors (Lipinski definition) is 3. The van der Waals surface area contributed by atoms with Gasteiger partial charge in [0.25, 0.3) is 0 Å². The van der Waals surface area contributed by atoms with Crippen LogP contribution in [0.5, 0.6) is 0 Å². The van der Waals surface area contributed by atoms with Gasteiger partial charge in [-0.15, -0.1) is 5.10 Å². The molecular formula is C17H27N3O. The second-order valence-corrected chi connectivity index (χ2v) is 7.97. The quantitative estimate of drug-likeness (QED) is 0.876. The van der Waals surface area contributed by atoms with E-state index in [2.05, 4.69) is 16.5 Å². The average molecular weight is 289 g/mol. The van der Waals surface area contributed by atoms with E-state index in [-0.39, 0.29) is 6.61 Å². The van der Waals surface area contributed by atoms with Gasteiger partial charge in [-0.25, -0.2) is 0 Å². The van der Waals surface area contributed by atoms with E-state index in [4.69, 9.17) is 5.11 Å². The third kappa shape index (κ3) is 2.75. The SMILES string of the molecule is OCCCc1cn(CCC23CC4CC(CC(C4)C2)C3)nn1. The predicted molar refractivity (Wildman–Crippen MR) is 80.7 cm³/mol. The number of hydrogen-bond donors (Lipinski definition) is 1. The van der Waals surface area contributed by atoms with Gasteiger partial charge in [0.1, 0.15) is 0 Å². The number of rotatable bonds is 6. The van der Waals surface area contributed by atoms with E-state index in [0.29, 0.717) is 5.41 Å². The Hall–Kier alpha value is -0.900. The van der Waals surface area contributed by atoms with Crippen molar-refractivity contribution in [2.24, 2.45) is 23.2 Å². The Morgan fingerprint density at radius 1 is 1.14 bits per heavy atom. The Balaban J connectivity index is 1.37. The van der Waals surface area contributed by atoms with Crippen LogP contribution in [0.15, 0.2) is 6.20 Å². The van der Waals surface area contributed by atoms with Gasteiger partial charge in [-0.2, -0.15) is 0 Å². The number of aryl methyl sites for hydroxylation is 2. The maximum atomic E-state index is 8.88. The van der Waals surface area contributed by atoms with Crippen LogP contribution in [0, 0.1) is 23.2 Å². The van der Waals surface area contributed by atoms with E-state index in [9.17, 15) is 0 Å². The first-order valence-electron chi connectivity index (χ1n) is 8.74. The Labute approximate surface area is 126 Å². The molecule has 0 atom stereocenters. The first-order valence-corrected chi connectivity index (χ1v) is 8.74. The molecule has 0 radical (unpaired) electrons. The maximum absolute atomic E-state index is 8.88. The van der Waals surface area contributed by atoms with Crippen molar-refractivity contribution in [2.75, 3.05) is 6.61 Å². The molecule has 116 valence electrons. The zero-order valence-corrected chi connectivity index (χ0v) is 12.9. The minimum absolute atomic E-state index is 0.236. The Kier molecular flexibility index (Phi) is 3.52. The summed E-state index contributed by atoms with van der Waals surface area (Å²) in [6.45, 7) is 1.26. The molecule has 0 amide bonds. The van der Waals surface area contributed by atoms with Crippen molar-refractivity contribution in [3.05, 3.63) is 11.9 Å². The van der Waals surface area contributed by atoms with Crippen molar-refractivity contribution >= 4 is 0 Å². The lowest BCUT2D eigenvalue weighted by molar-refractivity contribution is -0.0596. The highest BCUT2D eigenvalue weighted by atomic mass is 16.2. The summed E-state index contributed by atoms with van der Waals surface area (Å²) in [6, 6.07) is 0. The topological polar surface area (TPSA) is 50.9 Å². The van der Waals surface area contributed by atoms with Crippen LogP contribution in [-0.4, -0.2) is 26.7 Å². The van der Waals surface area contributed by atoms with Gasteiger partial charge in [0.15, 0.2) is 0 Å². The van der Waals surface area contributed by atoms with E-state index in [1.807, 2.05) is 4.68 Å². The molecule has 0 unspecified atom stereocenters. The van der Waals surface area contributed by atoms with Crippen molar-refractivity contribution in [1.82, 2.24) is 15.0 Å². The van der Waals surface area contributed by atoms with E-state index < -0.39 is 0 Å². The van der Waals surface area contributed by atoms with E-state index in [1.165, 1.54) is 44.9 Å². The molecule has 1 N–H and O–H groups in total. The molecule has 4 nitrogen and oxygen atoms in total. The molecule has 0 aliphatic heterocycles. The lowest BCUT2D eigenvalue weighted by Crippen LogP contribution is -2.46. The summed E-state index contributed by atoms with van der Waals surface area (Å²) in [5.74, 6) is 3.10. The van der Waals surface area contributed by atoms with Crippen molar-refractivity contribution in [3.8, 4) is 0 Å². The van der Waals surface area contributed by atoms with Gasteiger partial charge in [0.05, 0.1) is 5.69 Å². The molecule has 1 heterocycles. The average Bonchev–Trinajstić information content (AvgIpc) is 2.90. The third-order valence-electron chi connectivity index (χ3n) is 6.21. The standard InChI is InChI=1S/C17H27N3O/c21-5-1-2-16-12-20(19-18-16)4-3-17-9-13-6-14(10-17)8-15(7-13)11-17/h12-15,21H,1-11H2. The van der Waals surface area contributed by atoms with Gasteiger partial charge >= 0.3 is 0 Å². The number of aliphatic hydroxyl groups excluding tert-OH is 1. The van der Waals surface area contributed by atoms with Crippen LogP contribution in [-0.2, 0) is 13.0 Å². The molecule has 4 bridgehead atoms. The van der Waals surface area contributed by atoms with Crippen molar-refractivity contribution in [2.45, 2.75) is 64.3 Å². The molecule has 4 saturated carbocycles. The molecule has 0 saturated heterocycles. The predicted octanol–water partition coefficient (Wildman–Crippen LogP) is 2.81. The van der Waals surface area contributed by atoms with Crippen LogP contribution in [0.2, 0.25) is 0 Å². The van der Waals surface area contributed by atoms with E-state index in [1.54, 1.807) is 0 Å². The first kappa shape index (κ1) is 13.7. The van der Waals surface area contributed by atoms with E-state index >= 15 is 0 Å². The smallest absolute Gasteiger partial charge is 0.0828 e. The zero-order chi connectivity index (χ0) is 14.3. The fourth-order valence-corrected chi connectivity index (χ4v) is 5.77. The van der Waals surface area contributed by atoms with Gasteiger partial charge in [-0.3, -0.25) is 4.68 Å². The van der Waals surface area contributed by atoms with Crippen LogP contribution >= 0.6 is 0 Å². The highest BCUT2D eigenvalue weighted by Crippen LogP contribution is 2.61. The maximum Gasteiger partial charge on any atom is 0.0828 e. The molecule has 0 spiro atoms. The van der Waals surface area contributed by atoms with Crippen molar-refractivity contribution in [1.29, 1.82) is 0 Å². The molecule has 5 rings (SSSR count). The Morgan fingerprint density at radius 2 is 1.81 bits per heavy atom. The minimum Gasteiger partial charge on any atom is -0.396 e. The van der Waals surface area contributed by atoms with Crippen molar-refractivity contribution in [3.63, 3.8) is 0 Å². The number of nitrogens with zero attached hydrogens (tertiary/aromatic N) is 3.